The van der Waals surface area contributed by atoms with Crippen LogP contribution in [0.1, 0.15) is 102 Å². The first kappa shape index (κ1) is 20.3. The first-order valence-electron chi connectivity index (χ1n) is 9.14. The molecule has 2 heteroatoms. The monoisotopic (exact) mass is 326 g/mol. The van der Waals surface area contributed by atoms with E-state index in [1.807, 2.05) is 12.4 Å². The third kappa shape index (κ3) is 6.43. The highest BCUT2D eigenvalue weighted by Gasteiger charge is 2.04. The molecule has 0 fully saturated rings. The fourth-order valence-corrected chi connectivity index (χ4v) is 2.21. The highest BCUT2D eigenvalue weighted by molar-refractivity contribution is 5.26. The summed E-state index contributed by atoms with van der Waals surface area (Å²) in [5.74, 6) is 3.16. The summed E-state index contributed by atoms with van der Waals surface area (Å²) in [7, 11) is 0. The van der Waals surface area contributed by atoms with Crippen LogP contribution in [0.2, 0.25) is 0 Å². The maximum absolute atomic E-state index is 4.29. The molecule has 1 aromatic heterocycles. The van der Waals surface area contributed by atoms with Crippen LogP contribution in [0.15, 0.2) is 36.7 Å². The van der Waals surface area contributed by atoms with Crippen LogP contribution in [0.3, 0.4) is 0 Å². The summed E-state index contributed by atoms with van der Waals surface area (Å²) in [6.07, 6.45) is 3.85. The minimum absolute atomic E-state index is 0.422. The van der Waals surface area contributed by atoms with Crippen molar-refractivity contribution in [2.45, 2.75) is 79.1 Å². The first-order chi connectivity index (χ1) is 11.2. The molecule has 2 nitrogen and oxygen atoms in total. The van der Waals surface area contributed by atoms with Crippen LogP contribution < -0.4 is 0 Å². The van der Waals surface area contributed by atoms with Crippen molar-refractivity contribution in [2.75, 3.05) is 0 Å². The fraction of sp³-hybridized carbons (Fsp3) is 0.545. The summed E-state index contributed by atoms with van der Waals surface area (Å²) < 4.78 is 0. The van der Waals surface area contributed by atoms with Crippen LogP contribution in [-0.4, -0.2) is 9.97 Å². The molecule has 0 N–H and O–H groups in total. The van der Waals surface area contributed by atoms with Gasteiger partial charge in [-0.1, -0.05) is 79.7 Å². The average Bonchev–Trinajstić information content (AvgIpc) is 2.55. The van der Waals surface area contributed by atoms with Crippen LogP contribution in [0, 0.1) is 0 Å². The van der Waals surface area contributed by atoms with Crippen molar-refractivity contribution in [3.63, 3.8) is 0 Å². The van der Waals surface area contributed by atoms with Crippen molar-refractivity contribution < 1.29 is 0 Å². The summed E-state index contributed by atoms with van der Waals surface area (Å²) in [4.78, 5) is 8.58. The third-order valence-electron chi connectivity index (χ3n) is 4.14. The maximum Gasteiger partial charge on any atom is 0.130 e. The summed E-state index contributed by atoms with van der Waals surface area (Å²) in [6, 6.07) is 8.94. The van der Waals surface area contributed by atoms with Gasteiger partial charge in [0.25, 0.3) is 0 Å². The van der Waals surface area contributed by atoms with Gasteiger partial charge in [-0.15, -0.1) is 0 Å². The molecule has 0 radical (unpaired) electrons. The molecule has 0 saturated heterocycles. The molecule has 132 valence electrons. The highest BCUT2D eigenvalue weighted by atomic mass is 14.9. The van der Waals surface area contributed by atoms with Crippen molar-refractivity contribution in [2.24, 2.45) is 0 Å². The number of aromatic nitrogens is 2. The van der Waals surface area contributed by atoms with Gasteiger partial charge in [-0.2, -0.15) is 0 Å². The van der Waals surface area contributed by atoms with Crippen molar-refractivity contribution in [3.05, 3.63) is 59.2 Å². The van der Waals surface area contributed by atoms with E-state index < -0.39 is 0 Å². The summed E-state index contributed by atoms with van der Waals surface area (Å²) in [6.45, 7) is 17.4. The lowest BCUT2D eigenvalue weighted by molar-refractivity contribution is 0.754. The number of rotatable bonds is 4. The molecule has 0 aliphatic rings. The molecule has 0 aliphatic heterocycles. The van der Waals surface area contributed by atoms with Crippen molar-refractivity contribution >= 4 is 0 Å². The predicted octanol–water partition coefficient (Wildman–Crippen LogP) is 6.66. The van der Waals surface area contributed by atoms with Gasteiger partial charge in [0.1, 0.15) is 5.82 Å². The van der Waals surface area contributed by atoms with E-state index >= 15 is 0 Å². The van der Waals surface area contributed by atoms with Gasteiger partial charge in [-0.25, -0.2) is 9.97 Å². The molecule has 0 spiro atoms. The summed E-state index contributed by atoms with van der Waals surface area (Å²) in [5.41, 5.74) is 4.07. The summed E-state index contributed by atoms with van der Waals surface area (Å²) >= 11 is 0. The van der Waals surface area contributed by atoms with Crippen LogP contribution in [0.5, 0.6) is 0 Å². The Hall–Kier alpha value is -1.70. The zero-order valence-corrected chi connectivity index (χ0v) is 16.7. The van der Waals surface area contributed by atoms with Gasteiger partial charge >= 0.3 is 0 Å². The van der Waals surface area contributed by atoms with E-state index in [1.54, 1.807) is 0 Å². The SMILES string of the molecule is CC(C)c1ccc(C(C)C)cc1.CC(C)c1cnc(C(C)C)nc1. The number of benzene rings is 1. The standard InChI is InChI=1S/C12H18.C10H16N2/c1-9(2)11-5-7-12(8-6-11)10(3)4;1-7(2)9-5-11-10(8(3)4)12-6-9/h5-10H,1-4H3;5-8H,1-4H3. The molecule has 0 amide bonds. The molecule has 2 aromatic rings. The predicted molar refractivity (Wildman–Crippen MR) is 105 cm³/mol. The molecule has 0 aliphatic carbocycles. The minimum Gasteiger partial charge on any atom is -0.241 e. The maximum atomic E-state index is 4.29. The van der Waals surface area contributed by atoms with E-state index in [9.17, 15) is 0 Å². The molecule has 0 bridgehead atoms. The molecule has 0 atom stereocenters. The van der Waals surface area contributed by atoms with Gasteiger partial charge in [0.2, 0.25) is 0 Å². The van der Waals surface area contributed by atoms with Gasteiger partial charge in [0.15, 0.2) is 0 Å². The molecule has 24 heavy (non-hydrogen) atoms. The molecular formula is C22H34N2. The van der Waals surface area contributed by atoms with Crippen molar-refractivity contribution in [1.82, 2.24) is 9.97 Å². The van der Waals surface area contributed by atoms with Crippen LogP contribution >= 0.6 is 0 Å². The van der Waals surface area contributed by atoms with E-state index in [0.29, 0.717) is 23.7 Å². The third-order valence-corrected chi connectivity index (χ3v) is 4.14. The molecule has 0 unspecified atom stereocenters. The lowest BCUT2D eigenvalue weighted by Gasteiger charge is -2.08. The Morgan fingerprint density at radius 1 is 0.500 bits per heavy atom. The zero-order valence-electron chi connectivity index (χ0n) is 16.7. The van der Waals surface area contributed by atoms with Gasteiger partial charge in [-0.3, -0.25) is 0 Å². The Kier molecular flexibility index (Phi) is 8.10. The molecule has 1 heterocycles. The van der Waals surface area contributed by atoms with Gasteiger partial charge in [0.05, 0.1) is 0 Å². The number of hydrogen-bond acceptors (Lipinski definition) is 2. The Labute approximate surface area is 148 Å². The number of hydrogen-bond donors (Lipinski definition) is 0. The minimum atomic E-state index is 0.422. The van der Waals surface area contributed by atoms with E-state index in [-0.39, 0.29) is 0 Å². The average molecular weight is 327 g/mol. The van der Waals surface area contributed by atoms with E-state index in [0.717, 1.165) is 5.82 Å². The Morgan fingerprint density at radius 3 is 1.08 bits per heavy atom. The largest absolute Gasteiger partial charge is 0.241 e. The Morgan fingerprint density at radius 2 is 0.833 bits per heavy atom. The van der Waals surface area contributed by atoms with E-state index in [4.69, 9.17) is 0 Å². The van der Waals surface area contributed by atoms with Crippen molar-refractivity contribution in [3.8, 4) is 0 Å². The second-order valence-corrected chi connectivity index (χ2v) is 7.66. The molecule has 1 aromatic carbocycles. The van der Waals surface area contributed by atoms with Gasteiger partial charge in [0, 0.05) is 18.3 Å². The summed E-state index contributed by atoms with van der Waals surface area (Å²) in [5, 5.41) is 0. The molecular weight excluding hydrogens is 292 g/mol. The normalized spacial score (nSPS) is 11.2. The van der Waals surface area contributed by atoms with Crippen molar-refractivity contribution in [1.29, 1.82) is 0 Å². The second kappa shape index (κ2) is 9.56. The van der Waals surface area contributed by atoms with E-state index in [1.165, 1.54) is 16.7 Å². The second-order valence-electron chi connectivity index (χ2n) is 7.66. The molecule has 0 saturated carbocycles. The Bertz CT molecular complexity index is 469. The van der Waals surface area contributed by atoms with Gasteiger partial charge < -0.3 is 0 Å². The smallest absolute Gasteiger partial charge is 0.130 e. The topological polar surface area (TPSA) is 25.8 Å². The van der Waals surface area contributed by atoms with E-state index in [2.05, 4.69) is 89.6 Å². The quantitative estimate of drug-likeness (QED) is 0.628. The van der Waals surface area contributed by atoms with Crippen LogP contribution in [0.25, 0.3) is 0 Å². The first-order valence-corrected chi connectivity index (χ1v) is 9.14. The van der Waals surface area contributed by atoms with Crippen LogP contribution in [-0.2, 0) is 0 Å². The number of nitrogens with zero attached hydrogens (tertiary/aromatic N) is 2. The lowest BCUT2D eigenvalue weighted by Crippen LogP contribution is -1.99. The highest BCUT2D eigenvalue weighted by Crippen LogP contribution is 2.19. The molecule has 2 rings (SSSR count). The zero-order chi connectivity index (χ0) is 18.3. The van der Waals surface area contributed by atoms with Crippen LogP contribution in [0.4, 0.5) is 0 Å². The van der Waals surface area contributed by atoms with Gasteiger partial charge in [-0.05, 0) is 34.4 Å². The lowest BCUT2D eigenvalue weighted by atomic mass is 9.97. The fourth-order valence-electron chi connectivity index (χ4n) is 2.21. The Balaban J connectivity index is 0.000000240.